The summed E-state index contributed by atoms with van der Waals surface area (Å²) in [4.78, 5) is 19.2. The quantitative estimate of drug-likeness (QED) is 0.275. The first-order valence-electron chi connectivity index (χ1n) is 7.28. The molecule has 0 bridgehead atoms. The number of para-hydroxylation sites is 2. The Morgan fingerprint density at radius 1 is 1.24 bits per heavy atom. The summed E-state index contributed by atoms with van der Waals surface area (Å²) >= 11 is 2.13. The topological polar surface area (TPSA) is 99.0 Å². The Morgan fingerprint density at radius 3 is 2.64 bits per heavy atom. The zero-order valence-electron chi connectivity index (χ0n) is 12.9. The third kappa shape index (κ3) is 3.80. The van der Waals surface area contributed by atoms with Crippen LogP contribution in [-0.4, -0.2) is 27.7 Å². The first-order chi connectivity index (χ1) is 12.1. The number of aromatic nitrogens is 2. The first-order valence-corrected chi connectivity index (χ1v) is 8.36. The van der Waals surface area contributed by atoms with Crippen molar-refractivity contribution in [2.24, 2.45) is 0 Å². The fraction of sp³-hybridized carbons (Fsp3) is 0.0556. The number of aromatic amines is 1. The second-order valence-electron chi connectivity index (χ2n) is 5.12. The largest absolute Gasteiger partial charge is 0.507 e. The van der Waals surface area contributed by atoms with Gasteiger partial charge in [-0.15, -0.1) is 0 Å². The second kappa shape index (κ2) is 7.36. The monoisotopic (exact) mass is 445 g/mol. The summed E-state index contributed by atoms with van der Waals surface area (Å²) in [6, 6.07) is 16.0. The van der Waals surface area contributed by atoms with Crippen molar-refractivity contribution in [2.75, 3.05) is 6.61 Å². The van der Waals surface area contributed by atoms with Gasteiger partial charge >= 0.3 is 5.97 Å². The van der Waals surface area contributed by atoms with Crippen molar-refractivity contribution in [3.8, 4) is 6.07 Å². The molecule has 3 rings (SSSR count). The lowest BCUT2D eigenvalue weighted by Gasteiger charge is -2.05. The summed E-state index contributed by atoms with van der Waals surface area (Å²) in [5, 5.41) is 19.5. The van der Waals surface area contributed by atoms with Crippen LogP contribution < -0.4 is 0 Å². The van der Waals surface area contributed by atoms with Gasteiger partial charge in [0.1, 0.15) is 18.2 Å². The van der Waals surface area contributed by atoms with Crippen LogP contribution >= 0.6 is 22.6 Å². The maximum atomic E-state index is 12.0. The molecule has 0 saturated heterocycles. The van der Waals surface area contributed by atoms with E-state index in [2.05, 4.69) is 32.6 Å². The molecular weight excluding hydrogens is 433 g/mol. The van der Waals surface area contributed by atoms with E-state index >= 15 is 0 Å². The number of fused-ring (bicyclic) bond motifs is 1. The van der Waals surface area contributed by atoms with Crippen molar-refractivity contribution in [2.45, 2.75) is 0 Å². The normalized spacial score (nSPS) is 11.7. The number of nitriles is 1. The Bertz CT molecular complexity index is 967. The van der Waals surface area contributed by atoms with E-state index in [0.29, 0.717) is 11.1 Å². The van der Waals surface area contributed by atoms with Crippen LogP contribution in [0.5, 0.6) is 0 Å². The van der Waals surface area contributed by atoms with Crippen molar-refractivity contribution in [1.82, 2.24) is 9.97 Å². The van der Waals surface area contributed by atoms with Crippen LogP contribution in [0.1, 0.15) is 16.2 Å². The number of hydrogen-bond donors (Lipinski definition) is 2. The minimum Gasteiger partial charge on any atom is -0.507 e. The number of carbonyl (C=O) groups excluding carboxylic acids is 1. The van der Waals surface area contributed by atoms with E-state index < -0.39 is 12.6 Å². The molecule has 25 heavy (non-hydrogen) atoms. The number of nitrogens with one attached hydrogen (secondary N) is 1. The molecule has 7 heteroatoms. The molecule has 0 atom stereocenters. The van der Waals surface area contributed by atoms with E-state index in [4.69, 9.17) is 4.74 Å². The van der Waals surface area contributed by atoms with Gasteiger partial charge in [-0.05, 0) is 59.0 Å². The number of hydrogen-bond acceptors (Lipinski definition) is 5. The molecular formula is C18H12IN3O3. The molecule has 0 aliphatic heterocycles. The molecule has 1 aromatic heterocycles. The summed E-state index contributed by atoms with van der Waals surface area (Å²) in [5.74, 6) is -0.711. The Labute approximate surface area is 156 Å². The number of aliphatic hydroxyl groups is 1. The van der Waals surface area contributed by atoms with E-state index in [-0.39, 0.29) is 17.2 Å². The molecule has 1 heterocycles. The number of esters is 1. The third-order valence-corrected chi connectivity index (χ3v) is 4.17. The molecule has 0 amide bonds. The zero-order valence-corrected chi connectivity index (χ0v) is 15.0. The highest BCUT2D eigenvalue weighted by atomic mass is 127. The minimum absolute atomic E-state index is 0.0633. The number of benzene rings is 2. The lowest BCUT2D eigenvalue weighted by Crippen LogP contribution is -2.09. The van der Waals surface area contributed by atoms with Gasteiger partial charge in [0.2, 0.25) is 0 Å². The van der Waals surface area contributed by atoms with E-state index in [9.17, 15) is 15.2 Å². The number of nitrogens with zero attached hydrogens (tertiary/aromatic N) is 2. The standard InChI is InChI=1S/C18H12IN3O3/c19-12-7-5-11(6-8-12)18(24)25-10-16(23)13(9-20)17-21-14-3-1-2-4-15(14)22-17/h1-8,23H,10H2,(H,21,22). The number of imidazole rings is 1. The lowest BCUT2D eigenvalue weighted by atomic mass is 10.2. The van der Waals surface area contributed by atoms with Crippen molar-refractivity contribution in [3.05, 3.63) is 69.2 Å². The fourth-order valence-electron chi connectivity index (χ4n) is 2.20. The maximum Gasteiger partial charge on any atom is 0.338 e. The zero-order chi connectivity index (χ0) is 17.8. The predicted octanol–water partition coefficient (Wildman–Crippen LogP) is 3.82. The maximum absolute atomic E-state index is 12.0. The SMILES string of the molecule is N#CC(=C(O)COC(=O)c1ccc(I)cc1)c1nc2ccccc2[nH]1. The van der Waals surface area contributed by atoms with Crippen LogP contribution in [-0.2, 0) is 4.74 Å². The van der Waals surface area contributed by atoms with Crippen molar-refractivity contribution < 1.29 is 14.6 Å². The lowest BCUT2D eigenvalue weighted by molar-refractivity contribution is 0.0503. The Hall–Kier alpha value is -2.86. The van der Waals surface area contributed by atoms with Gasteiger partial charge in [-0.3, -0.25) is 0 Å². The second-order valence-corrected chi connectivity index (χ2v) is 6.36. The fourth-order valence-corrected chi connectivity index (χ4v) is 2.56. The summed E-state index contributed by atoms with van der Waals surface area (Å²) < 4.78 is 6.06. The number of aliphatic hydroxyl groups excluding tert-OH is 1. The molecule has 124 valence electrons. The van der Waals surface area contributed by atoms with Crippen LogP contribution in [0, 0.1) is 14.9 Å². The van der Waals surface area contributed by atoms with Gasteiger partial charge in [0, 0.05) is 3.57 Å². The molecule has 0 spiro atoms. The average Bonchev–Trinajstić information content (AvgIpc) is 3.04. The highest BCUT2D eigenvalue weighted by molar-refractivity contribution is 14.1. The smallest absolute Gasteiger partial charge is 0.338 e. The van der Waals surface area contributed by atoms with Gasteiger partial charge < -0.3 is 14.8 Å². The number of allylic oxidation sites excluding steroid dienone is 1. The highest BCUT2D eigenvalue weighted by Gasteiger charge is 2.15. The number of halogens is 1. The number of carbonyl (C=O) groups is 1. The van der Waals surface area contributed by atoms with E-state index in [0.717, 1.165) is 9.09 Å². The molecule has 3 aromatic rings. The van der Waals surface area contributed by atoms with Crippen LogP contribution in [0.4, 0.5) is 0 Å². The Kier molecular flexibility index (Phi) is 5.00. The Morgan fingerprint density at radius 2 is 1.96 bits per heavy atom. The van der Waals surface area contributed by atoms with E-state index in [1.165, 1.54) is 0 Å². The Balaban J connectivity index is 1.78. The molecule has 0 unspecified atom stereocenters. The highest BCUT2D eigenvalue weighted by Crippen LogP contribution is 2.19. The van der Waals surface area contributed by atoms with E-state index in [1.54, 1.807) is 30.3 Å². The van der Waals surface area contributed by atoms with Gasteiger partial charge in [-0.2, -0.15) is 5.26 Å². The molecule has 0 fully saturated rings. The van der Waals surface area contributed by atoms with Gasteiger partial charge in [0.15, 0.2) is 11.6 Å². The number of H-pyrrole nitrogens is 1. The molecule has 0 radical (unpaired) electrons. The first kappa shape index (κ1) is 17.0. The number of ether oxygens (including phenoxy) is 1. The van der Waals surface area contributed by atoms with Gasteiger partial charge in [0.05, 0.1) is 16.6 Å². The molecule has 0 aliphatic rings. The van der Waals surface area contributed by atoms with Crippen molar-refractivity contribution >= 4 is 45.2 Å². The van der Waals surface area contributed by atoms with Crippen LogP contribution in [0.2, 0.25) is 0 Å². The van der Waals surface area contributed by atoms with Crippen LogP contribution in [0.15, 0.2) is 54.3 Å². The molecule has 2 aromatic carbocycles. The van der Waals surface area contributed by atoms with Crippen LogP contribution in [0.25, 0.3) is 16.6 Å². The predicted molar refractivity (Wildman–Crippen MR) is 101 cm³/mol. The van der Waals surface area contributed by atoms with Gasteiger partial charge in [0.25, 0.3) is 0 Å². The minimum atomic E-state index is -0.579. The molecule has 0 saturated carbocycles. The van der Waals surface area contributed by atoms with Gasteiger partial charge in [-0.1, -0.05) is 12.1 Å². The van der Waals surface area contributed by atoms with Crippen molar-refractivity contribution in [3.63, 3.8) is 0 Å². The van der Waals surface area contributed by atoms with Crippen LogP contribution in [0.3, 0.4) is 0 Å². The third-order valence-electron chi connectivity index (χ3n) is 3.45. The summed E-state index contributed by atoms with van der Waals surface area (Å²) in [7, 11) is 0. The summed E-state index contributed by atoms with van der Waals surface area (Å²) in [6.45, 7) is -0.412. The summed E-state index contributed by atoms with van der Waals surface area (Å²) in [5.41, 5.74) is 1.73. The van der Waals surface area contributed by atoms with Crippen molar-refractivity contribution in [1.29, 1.82) is 5.26 Å². The average molecular weight is 445 g/mol. The molecule has 2 N–H and O–H groups in total. The number of rotatable bonds is 4. The van der Waals surface area contributed by atoms with Gasteiger partial charge in [-0.25, -0.2) is 9.78 Å². The van der Waals surface area contributed by atoms with E-state index in [1.807, 2.05) is 24.3 Å². The molecule has 0 aliphatic carbocycles. The molecule has 6 nitrogen and oxygen atoms in total. The summed E-state index contributed by atoms with van der Waals surface area (Å²) in [6.07, 6.45) is 0.